The Bertz CT molecular complexity index is 957. The third-order valence-electron chi connectivity index (χ3n) is 4.94. The third-order valence-corrected chi connectivity index (χ3v) is 5.23. The number of rotatable bonds is 5. The van der Waals surface area contributed by atoms with Gasteiger partial charge in [0.25, 0.3) is 0 Å². The molecule has 0 radical (unpaired) electrons. The minimum atomic E-state index is 0.153. The molecule has 1 N–H and O–H groups in total. The molecule has 1 amide bonds. The van der Waals surface area contributed by atoms with Crippen LogP contribution in [0.3, 0.4) is 0 Å². The number of hydrogen-bond acceptors (Lipinski definition) is 5. The van der Waals surface area contributed by atoms with Crippen molar-refractivity contribution in [3.63, 3.8) is 0 Å². The fourth-order valence-corrected chi connectivity index (χ4v) is 3.69. The van der Waals surface area contributed by atoms with Gasteiger partial charge >= 0.3 is 0 Å². The van der Waals surface area contributed by atoms with Gasteiger partial charge in [0.15, 0.2) is 0 Å². The molecule has 7 heteroatoms. The van der Waals surface area contributed by atoms with Crippen LogP contribution in [-0.4, -0.2) is 53.5 Å². The number of halogens is 1. The Balaban J connectivity index is 1.27. The van der Waals surface area contributed by atoms with Gasteiger partial charge in [0.2, 0.25) is 5.91 Å². The predicted molar refractivity (Wildman–Crippen MR) is 113 cm³/mol. The van der Waals surface area contributed by atoms with Gasteiger partial charge in [0, 0.05) is 50.7 Å². The summed E-state index contributed by atoms with van der Waals surface area (Å²) in [5.74, 6) is 1.81. The average Bonchev–Trinajstić information content (AvgIpc) is 2.74. The smallest absolute Gasteiger partial charge is 0.224 e. The van der Waals surface area contributed by atoms with Crippen LogP contribution in [0, 0.1) is 0 Å². The van der Waals surface area contributed by atoms with Crippen molar-refractivity contribution in [1.29, 1.82) is 0 Å². The van der Waals surface area contributed by atoms with E-state index in [0.29, 0.717) is 23.9 Å². The Kier molecular flexibility index (Phi) is 5.58. The van der Waals surface area contributed by atoms with Gasteiger partial charge in [-0.2, -0.15) is 0 Å². The molecule has 3 heterocycles. The van der Waals surface area contributed by atoms with E-state index < -0.39 is 0 Å². The van der Waals surface area contributed by atoms with Gasteiger partial charge in [-0.3, -0.25) is 4.79 Å². The summed E-state index contributed by atoms with van der Waals surface area (Å²) in [6, 6.07) is 15.7. The van der Waals surface area contributed by atoms with Crippen molar-refractivity contribution in [1.82, 2.24) is 14.9 Å². The Morgan fingerprint density at radius 1 is 1.07 bits per heavy atom. The van der Waals surface area contributed by atoms with Crippen LogP contribution in [0.25, 0.3) is 10.8 Å². The summed E-state index contributed by atoms with van der Waals surface area (Å²) in [6.07, 6.45) is 2.22. The highest BCUT2D eigenvalue weighted by atomic mass is 35.5. The molecule has 1 aliphatic heterocycles. The van der Waals surface area contributed by atoms with Crippen molar-refractivity contribution >= 4 is 39.9 Å². The lowest BCUT2D eigenvalue weighted by atomic mass is 10.2. The molecule has 0 spiro atoms. The molecule has 4 rings (SSSR count). The van der Waals surface area contributed by atoms with Crippen molar-refractivity contribution in [3.8, 4) is 0 Å². The Hall–Kier alpha value is -2.86. The van der Waals surface area contributed by atoms with Crippen LogP contribution in [0.15, 0.2) is 54.7 Å². The number of carbonyl (C=O) groups excluding carboxylic acids is 1. The molecule has 2 aromatic heterocycles. The van der Waals surface area contributed by atoms with E-state index in [1.54, 1.807) is 6.20 Å². The van der Waals surface area contributed by atoms with Crippen LogP contribution >= 0.6 is 11.6 Å². The number of nitrogens with zero attached hydrogens (tertiary/aromatic N) is 4. The molecule has 144 valence electrons. The first kappa shape index (κ1) is 18.5. The van der Waals surface area contributed by atoms with E-state index >= 15 is 0 Å². The van der Waals surface area contributed by atoms with E-state index in [9.17, 15) is 4.79 Å². The topological polar surface area (TPSA) is 61.4 Å². The van der Waals surface area contributed by atoms with Crippen LogP contribution in [0.5, 0.6) is 0 Å². The lowest BCUT2D eigenvalue weighted by molar-refractivity contribution is -0.131. The van der Waals surface area contributed by atoms with Crippen LogP contribution < -0.4 is 10.2 Å². The largest absolute Gasteiger partial charge is 0.369 e. The lowest BCUT2D eigenvalue weighted by Crippen LogP contribution is -2.49. The number of benzene rings is 1. The molecule has 1 aliphatic rings. The lowest BCUT2D eigenvalue weighted by Gasteiger charge is -2.35. The molecule has 0 bridgehead atoms. The van der Waals surface area contributed by atoms with E-state index in [2.05, 4.69) is 20.2 Å². The van der Waals surface area contributed by atoms with Gasteiger partial charge in [0.05, 0.1) is 0 Å². The molecule has 0 unspecified atom stereocenters. The van der Waals surface area contributed by atoms with Crippen molar-refractivity contribution in [2.24, 2.45) is 0 Å². The van der Waals surface area contributed by atoms with Crippen LogP contribution in [0.2, 0.25) is 5.15 Å². The number of carbonyl (C=O) groups is 1. The van der Waals surface area contributed by atoms with Gasteiger partial charge in [-0.05, 0) is 23.6 Å². The first-order valence-electron chi connectivity index (χ1n) is 9.43. The number of nitrogens with one attached hydrogen (secondary N) is 1. The van der Waals surface area contributed by atoms with E-state index in [4.69, 9.17) is 11.6 Å². The number of amides is 1. The van der Waals surface area contributed by atoms with E-state index in [0.717, 1.165) is 42.8 Å². The standard InChI is InChI=1S/C21H22ClN5O/c22-21-17-6-2-1-5-16(17)15-18(25-21)23-10-8-20(28)27-13-11-26(12-14-27)19-7-3-4-9-24-19/h1-7,9,15H,8,10-14H2,(H,23,25). The second kappa shape index (κ2) is 8.44. The van der Waals surface area contributed by atoms with Gasteiger partial charge in [0.1, 0.15) is 16.8 Å². The number of aromatic nitrogens is 2. The maximum atomic E-state index is 12.5. The summed E-state index contributed by atoms with van der Waals surface area (Å²) in [6.45, 7) is 3.57. The van der Waals surface area contributed by atoms with Crippen molar-refractivity contribution in [2.45, 2.75) is 6.42 Å². The molecule has 0 atom stereocenters. The quantitative estimate of drug-likeness (QED) is 0.670. The van der Waals surface area contributed by atoms with Crippen molar-refractivity contribution in [2.75, 3.05) is 42.9 Å². The highest BCUT2D eigenvalue weighted by molar-refractivity contribution is 6.34. The number of pyridine rings is 2. The minimum Gasteiger partial charge on any atom is -0.369 e. The summed E-state index contributed by atoms with van der Waals surface area (Å²) < 4.78 is 0. The monoisotopic (exact) mass is 395 g/mol. The number of anilines is 2. The first-order chi connectivity index (χ1) is 13.7. The molecular formula is C21H22ClN5O. The fourth-order valence-electron chi connectivity index (χ4n) is 3.43. The Morgan fingerprint density at radius 2 is 1.86 bits per heavy atom. The molecule has 6 nitrogen and oxygen atoms in total. The van der Waals surface area contributed by atoms with E-state index in [-0.39, 0.29) is 5.91 Å². The zero-order valence-corrected chi connectivity index (χ0v) is 16.3. The van der Waals surface area contributed by atoms with Gasteiger partial charge < -0.3 is 15.1 Å². The Morgan fingerprint density at radius 3 is 2.64 bits per heavy atom. The second-order valence-electron chi connectivity index (χ2n) is 6.75. The van der Waals surface area contributed by atoms with Gasteiger partial charge in [-0.25, -0.2) is 9.97 Å². The summed E-state index contributed by atoms with van der Waals surface area (Å²) in [5, 5.41) is 5.65. The SMILES string of the molecule is O=C(CCNc1cc2ccccc2c(Cl)n1)N1CCN(c2ccccn2)CC1. The number of hydrogen-bond donors (Lipinski definition) is 1. The predicted octanol–water partition coefficient (Wildman–Crippen LogP) is 3.43. The Labute approximate surface area is 169 Å². The molecule has 28 heavy (non-hydrogen) atoms. The molecule has 0 saturated carbocycles. The van der Waals surface area contributed by atoms with Crippen molar-refractivity contribution < 1.29 is 4.79 Å². The molecule has 1 aromatic carbocycles. The molecule has 1 saturated heterocycles. The summed E-state index contributed by atoms with van der Waals surface area (Å²) in [5.41, 5.74) is 0. The van der Waals surface area contributed by atoms with Crippen molar-refractivity contribution in [3.05, 3.63) is 59.9 Å². The fraction of sp³-hybridized carbons (Fsp3) is 0.286. The number of piperazine rings is 1. The molecule has 1 fully saturated rings. The van der Waals surface area contributed by atoms with Gasteiger partial charge in [-0.15, -0.1) is 0 Å². The highest BCUT2D eigenvalue weighted by Crippen LogP contribution is 2.24. The van der Waals surface area contributed by atoms with E-state index in [1.165, 1.54) is 0 Å². The number of fused-ring (bicyclic) bond motifs is 1. The first-order valence-corrected chi connectivity index (χ1v) is 9.81. The average molecular weight is 396 g/mol. The zero-order chi connectivity index (χ0) is 19.3. The van der Waals surface area contributed by atoms with E-state index in [1.807, 2.05) is 53.4 Å². The zero-order valence-electron chi connectivity index (χ0n) is 15.5. The van der Waals surface area contributed by atoms with Crippen LogP contribution in [0.1, 0.15) is 6.42 Å². The third kappa shape index (κ3) is 4.17. The summed E-state index contributed by atoms with van der Waals surface area (Å²) in [4.78, 5) is 25.4. The van der Waals surface area contributed by atoms with Crippen LogP contribution in [0.4, 0.5) is 11.6 Å². The van der Waals surface area contributed by atoms with Gasteiger partial charge in [-0.1, -0.05) is 41.9 Å². The molecule has 0 aliphatic carbocycles. The maximum absolute atomic E-state index is 12.5. The molecule has 3 aromatic rings. The molecular weight excluding hydrogens is 374 g/mol. The minimum absolute atomic E-state index is 0.153. The maximum Gasteiger partial charge on any atom is 0.224 e. The highest BCUT2D eigenvalue weighted by Gasteiger charge is 2.21. The normalized spacial score (nSPS) is 14.3. The summed E-state index contributed by atoms with van der Waals surface area (Å²) in [7, 11) is 0. The van der Waals surface area contributed by atoms with Crippen LogP contribution in [-0.2, 0) is 4.79 Å². The summed E-state index contributed by atoms with van der Waals surface area (Å²) >= 11 is 6.25. The second-order valence-corrected chi connectivity index (χ2v) is 7.11.